The van der Waals surface area contributed by atoms with E-state index in [1.807, 2.05) is 12.1 Å². The summed E-state index contributed by atoms with van der Waals surface area (Å²) in [4.78, 5) is 2.46. The summed E-state index contributed by atoms with van der Waals surface area (Å²) in [5.74, 6) is 0.415. The Kier molecular flexibility index (Phi) is 5.44. The molecular weight excluding hydrogens is 248 g/mol. The Morgan fingerprint density at radius 3 is 2.85 bits per heavy atom. The highest BCUT2D eigenvalue weighted by atomic mass is 16.3. The molecule has 1 fully saturated rings. The Labute approximate surface area is 123 Å². The fourth-order valence-corrected chi connectivity index (χ4v) is 3.13. The van der Waals surface area contributed by atoms with Crippen molar-refractivity contribution in [1.82, 2.24) is 10.2 Å². The number of nitrogens with one attached hydrogen (secondary N) is 1. The van der Waals surface area contributed by atoms with Crippen molar-refractivity contribution in [1.29, 1.82) is 0 Å². The molecule has 3 heteroatoms. The van der Waals surface area contributed by atoms with Crippen LogP contribution in [0.2, 0.25) is 0 Å². The molecular formula is C17H28N2O. The minimum atomic E-state index is 0.253. The molecule has 1 saturated heterocycles. The number of phenolic OH excluding ortho intramolecular Hbond substituents is 1. The Balaban J connectivity index is 2.07. The maximum absolute atomic E-state index is 10.1. The van der Waals surface area contributed by atoms with E-state index in [4.69, 9.17) is 0 Å². The molecule has 2 N–H and O–H groups in total. The summed E-state index contributed by atoms with van der Waals surface area (Å²) < 4.78 is 0. The third kappa shape index (κ3) is 3.74. The van der Waals surface area contributed by atoms with Gasteiger partial charge in [-0.25, -0.2) is 0 Å². The molecule has 1 aromatic rings. The standard InChI is InChI=1S/C17H28N2O/c1-4-19(12-15-7-5-6-10-18-15)14(3)16-11-13(2)8-9-17(16)20/h8-9,11,14-15,18,20H,4-7,10,12H2,1-3H3. The number of aromatic hydroxyl groups is 1. The molecule has 1 aromatic carbocycles. The Hall–Kier alpha value is -1.06. The van der Waals surface area contributed by atoms with E-state index in [1.54, 1.807) is 0 Å². The van der Waals surface area contributed by atoms with Gasteiger partial charge >= 0.3 is 0 Å². The summed E-state index contributed by atoms with van der Waals surface area (Å²) in [7, 11) is 0. The highest BCUT2D eigenvalue weighted by Crippen LogP contribution is 2.29. The predicted octanol–water partition coefficient (Wildman–Crippen LogP) is 3.23. The van der Waals surface area contributed by atoms with Gasteiger partial charge in [0, 0.05) is 24.2 Å². The van der Waals surface area contributed by atoms with Crippen LogP contribution in [0.15, 0.2) is 18.2 Å². The summed E-state index contributed by atoms with van der Waals surface area (Å²) in [5, 5.41) is 13.7. The lowest BCUT2D eigenvalue weighted by Gasteiger charge is -2.34. The van der Waals surface area contributed by atoms with E-state index in [-0.39, 0.29) is 6.04 Å². The van der Waals surface area contributed by atoms with Crippen molar-refractivity contribution in [3.05, 3.63) is 29.3 Å². The van der Waals surface area contributed by atoms with Crippen molar-refractivity contribution in [2.45, 2.75) is 52.1 Å². The maximum Gasteiger partial charge on any atom is 0.120 e. The van der Waals surface area contributed by atoms with Gasteiger partial charge in [-0.05, 0) is 45.8 Å². The number of aryl methyl sites for hydroxylation is 1. The molecule has 0 radical (unpaired) electrons. The smallest absolute Gasteiger partial charge is 0.120 e. The zero-order chi connectivity index (χ0) is 14.5. The summed E-state index contributed by atoms with van der Waals surface area (Å²) in [6.45, 7) is 9.69. The molecule has 112 valence electrons. The minimum absolute atomic E-state index is 0.253. The normalized spacial score (nSPS) is 21.1. The van der Waals surface area contributed by atoms with Gasteiger partial charge in [-0.2, -0.15) is 0 Å². The molecule has 0 bridgehead atoms. The first-order valence-electron chi connectivity index (χ1n) is 7.88. The summed E-state index contributed by atoms with van der Waals surface area (Å²) in [5.41, 5.74) is 2.25. The van der Waals surface area contributed by atoms with Crippen LogP contribution in [-0.2, 0) is 0 Å². The van der Waals surface area contributed by atoms with Crippen LogP contribution in [0.25, 0.3) is 0 Å². The van der Waals surface area contributed by atoms with Crippen LogP contribution in [0.3, 0.4) is 0 Å². The van der Waals surface area contributed by atoms with Gasteiger partial charge in [-0.1, -0.05) is 31.0 Å². The minimum Gasteiger partial charge on any atom is -0.508 e. The van der Waals surface area contributed by atoms with E-state index in [1.165, 1.54) is 24.8 Å². The molecule has 0 spiro atoms. The fourth-order valence-electron chi connectivity index (χ4n) is 3.13. The van der Waals surface area contributed by atoms with Gasteiger partial charge in [0.2, 0.25) is 0 Å². The third-order valence-corrected chi connectivity index (χ3v) is 4.45. The van der Waals surface area contributed by atoms with Crippen LogP contribution in [0.1, 0.15) is 50.3 Å². The van der Waals surface area contributed by atoms with Crippen molar-refractivity contribution < 1.29 is 5.11 Å². The van der Waals surface area contributed by atoms with Crippen LogP contribution < -0.4 is 5.32 Å². The first-order valence-corrected chi connectivity index (χ1v) is 7.88. The highest BCUT2D eigenvalue weighted by Gasteiger charge is 2.22. The second-order valence-corrected chi connectivity index (χ2v) is 5.97. The van der Waals surface area contributed by atoms with Crippen LogP contribution >= 0.6 is 0 Å². The molecule has 0 aromatic heterocycles. The summed E-state index contributed by atoms with van der Waals surface area (Å²) in [6, 6.07) is 6.73. The zero-order valence-electron chi connectivity index (χ0n) is 13.0. The molecule has 0 amide bonds. The lowest BCUT2D eigenvalue weighted by atomic mass is 10.0. The monoisotopic (exact) mass is 276 g/mol. The van der Waals surface area contributed by atoms with Crippen LogP contribution in [0.4, 0.5) is 0 Å². The number of hydrogen-bond acceptors (Lipinski definition) is 3. The highest BCUT2D eigenvalue weighted by molar-refractivity contribution is 5.37. The van der Waals surface area contributed by atoms with Crippen molar-refractivity contribution in [2.24, 2.45) is 0 Å². The molecule has 2 rings (SSSR count). The van der Waals surface area contributed by atoms with Crippen molar-refractivity contribution in [3.8, 4) is 5.75 Å². The zero-order valence-corrected chi connectivity index (χ0v) is 13.0. The average Bonchev–Trinajstić information content (AvgIpc) is 2.47. The summed E-state index contributed by atoms with van der Waals surface area (Å²) in [6.07, 6.45) is 3.90. The van der Waals surface area contributed by atoms with Gasteiger partial charge in [-0.15, -0.1) is 0 Å². The number of benzene rings is 1. The molecule has 20 heavy (non-hydrogen) atoms. The van der Waals surface area contributed by atoms with Crippen molar-refractivity contribution >= 4 is 0 Å². The van der Waals surface area contributed by atoms with Gasteiger partial charge in [0.25, 0.3) is 0 Å². The Morgan fingerprint density at radius 2 is 2.20 bits per heavy atom. The number of piperidine rings is 1. The van der Waals surface area contributed by atoms with Gasteiger partial charge in [-0.3, -0.25) is 4.90 Å². The first kappa shape index (κ1) is 15.3. The van der Waals surface area contributed by atoms with Gasteiger partial charge in [0.1, 0.15) is 5.75 Å². The predicted molar refractivity (Wildman–Crippen MR) is 84.1 cm³/mol. The number of likely N-dealkylation sites (N-methyl/N-ethyl adjacent to an activating group) is 1. The van der Waals surface area contributed by atoms with Crippen molar-refractivity contribution in [3.63, 3.8) is 0 Å². The molecule has 0 aliphatic carbocycles. The van der Waals surface area contributed by atoms with Gasteiger partial charge in [0.05, 0.1) is 0 Å². The topological polar surface area (TPSA) is 35.5 Å². The lowest BCUT2D eigenvalue weighted by Crippen LogP contribution is -2.44. The van der Waals surface area contributed by atoms with Crippen LogP contribution in [0, 0.1) is 6.92 Å². The van der Waals surface area contributed by atoms with E-state index < -0.39 is 0 Å². The van der Waals surface area contributed by atoms with E-state index in [9.17, 15) is 5.11 Å². The molecule has 3 nitrogen and oxygen atoms in total. The SMILES string of the molecule is CCN(CC1CCCCN1)C(C)c1cc(C)ccc1O. The lowest BCUT2D eigenvalue weighted by molar-refractivity contribution is 0.182. The van der Waals surface area contributed by atoms with E-state index in [2.05, 4.69) is 37.1 Å². The van der Waals surface area contributed by atoms with E-state index in [0.717, 1.165) is 25.2 Å². The maximum atomic E-state index is 10.1. The number of rotatable bonds is 5. The number of hydrogen-bond donors (Lipinski definition) is 2. The third-order valence-electron chi connectivity index (χ3n) is 4.45. The van der Waals surface area contributed by atoms with E-state index in [0.29, 0.717) is 11.8 Å². The fraction of sp³-hybridized carbons (Fsp3) is 0.647. The Morgan fingerprint density at radius 1 is 1.40 bits per heavy atom. The molecule has 2 unspecified atom stereocenters. The molecule has 0 saturated carbocycles. The van der Waals surface area contributed by atoms with E-state index >= 15 is 0 Å². The average molecular weight is 276 g/mol. The van der Waals surface area contributed by atoms with Crippen molar-refractivity contribution in [2.75, 3.05) is 19.6 Å². The quantitative estimate of drug-likeness (QED) is 0.866. The molecule has 1 heterocycles. The number of nitrogens with zero attached hydrogens (tertiary/aromatic N) is 1. The molecule has 1 aliphatic heterocycles. The van der Waals surface area contributed by atoms with Crippen LogP contribution in [0.5, 0.6) is 5.75 Å². The largest absolute Gasteiger partial charge is 0.508 e. The van der Waals surface area contributed by atoms with Gasteiger partial charge < -0.3 is 10.4 Å². The second-order valence-electron chi connectivity index (χ2n) is 5.97. The first-order chi connectivity index (χ1) is 9.61. The number of phenols is 1. The van der Waals surface area contributed by atoms with Crippen LogP contribution in [-0.4, -0.2) is 35.7 Å². The van der Waals surface area contributed by atoms with Gasteiger partial charge in [0.15, 0.2) is 0 Å². The molecule has 1 aliphatic rings. The summed E-state index contributed by atoms with van der Waals surface area (Å²) >= 11 is 0. The Bertz CT molecular complexity index is 427. The second kappa shape index (κ2) is 7.09. The molecule has 2 atom stereocenters.